The zero-order chi connectivity index (χ0) is 65.9. The van der Waals surface area contributed by atoms with Crippen LogP contribution in [0, 0.1) is 0 Å². The van der Waals surface area contributed by atoms with Gasteiger partial charge in [0.15, 0.2) is 23.3 Å². The Morgan fingerprint density at radius 2 is 0.760 bits per heavy atom. The van der Waals surface area contributed by atoms with Crippen molar-refractivity contribution < 1.29 is 62.6 Å². The molecule has 6 aromatic carbocycles. The number of aromatic nitrogens is 6. The summed E-state index contributed by atoms with van der Waals surface area (Å²) in [5, 5.41) is 36.7. The van der Waals surface area contributed by atoms with Crippen LogP contribution in [0.5, 0.6) is 0 Å². The van der Waals surface area contributed by atoms with E-state index in [-0.39, 0.29) is 62.7 Å². The third-order valence-corrected chi connectivity index (χ3v) is 17.0. The summed E-state index contributed by atoms with van der Waals surface area (Å²) < 4.78 is 56.3. The maximum absolute atomic E-state index is 14.0. The van der Waals surface area contributed by atoms with Crippen molar-refractivity contribution in [1.29, 1.82) is 0 Å². The highest BCUT2D eigenvalue weighted by Crippen LogP contribution is 2.45. The Morgan fingerprint density at radius 3 is 1.09 bits per heavy atom. The highest BCUT2D eigenvalue weighted by atomic mass is 16.9. The fourth-order valence-corrected chi connectivity index (χ4v) is 12.1. The zero-order valence-electron chi connectivity index (χ0n) is 54.0. The standard InChI is InChI=1S/C75H82N8O13/c1-3-5-13-39-65-76-71(59-41-43-63(82(59)78-65)74(85)69(91-49-57-35-23-11-24-36-57)67(89-47-55-31-19-9-20-32-55)61(93-74)51-87-45-53-27-15-7-16-28-53)80-95-73(84)96-81-72-60-42-44-64(83(60)79-66(77-72)40-14-6-4-2)75(86)70(92-50-58-37-25-12-26-38-58)68(90-48-56-33-21-10-22-34-56)62(94-75)52-88-46-54-29-17-8-18-30-54/h7-12,15-38,41-44,61-62,67-70,85-86H,3-6,13-14,39-40,45-52H2,1-2H3,(H,76,78,80)(H,77,79,81)/t61-,62-,67-,68-,69-,70-,74-,75-/m1/s1. The van der Waals surface area contributed by atoms with Gasteiger partial charge in [-0.05, 0) is 70.5 Å². The Morgan fingerprint density at radius 1 is 0.438 bits per heavy atom. The zero-order valence-corrected chi connectivity index (χ0v) is 54.0. The van der Waals surface area contributed by atoms with Gasteiger partial charge in [-0.25, -0.2) is 19.0 Å². The lowest BCUT2D eigenvalue weighted by Gasteiger charge is -2.30. The summed E-state index contributed by atoms with van der Waals surface area (Å²) in [5.74, 6) is -3.43. The number of carbonyl (C=O) groups is 1. The van der Waals surface area contributed by atoms with E-state index >= 15 is 0 Å². The highest BCUT2D eigenvalue weighted by Gasteiger charge is 2.60. The van der Waals surface area contributed by atoms with Crippen LogP contribution in [-0.4, -0.2) is 95.4 Å². The van der Waals surface area contributed by atoms with Crippen molar-refractivity contribution >= 4 is 28.8 Å². The molecule has 4 N–H and O–H groups in total. The number of unbranched alkanes of at least 4 members (excludes halogenated alkanes) is 4. The number of rotatable bonds is 34. The second kappa shape index (κ2) is 32.6. The van der Waals surface area contributed by atoms with E-state index in [1.165, 1.54) is 9.03 Å². The number of nitrogens with one attached hydrogen (secondary N) is 2. The van der Waals surface area contributed by atoms with Crippen molar-refractivity contribution in [2.24, 2.45) is 0 Å². The quantitative estimate of drug-likeness (QED) is 0.0217. The number of hydrogen-bond donors (Lipinski definition) is 4. The molecule has 0 radical (unpaired) electrons. The first kappa shape index (κ1) is 67.0. The lowest BCUT2D eigenvalue weighted by Crippen LogP contribution is -2.45. The molecule has 0 saturated carbocycles. The van der Waals surface area contributed by atoms with Crippen LogP contribution in [-0.2, 0) is 112 Å². The molecule has 2 aliphatic rings. The third-order valence-electron chi connectivity index (χ3n) is 17.0. The molecule has 2 saturated heterocycles. The van der Waals surface area contributed by atoms with Crippen LogP contribution >= 0.6 is 0 Å². The first-order valence-corrected chi connectivity index (χ1v) is 33.0. The van der Waals surface area contributed by atoms with Crippen LogP contribution in [0.3, 0.4) is 0 Å². The molecule has 2 aliphatic heterocycles. The van der Waals surface area contributed by atoms with Gasteiger partial charge in [-0.15, -0.1) is 0 Å². The summed E-state index contributed by atoms with van der Waals surface area (Å²) in [4.78, 5) is 35.0. The van der Waals surface area contributed by atoms with Crippen molar-refractivity contribution in [2.75, 3.05) is 24.2 Å². The molecule has 2 fully saturated rings. The summed E-state index contributed by atoms with van der Waals surface area (Å²) in [6, 6.07) is 65.2. The van der Waals surface area contributed by atoms with E-state index in [1.54, 1.807) is 24.3 Å². The van der Waals surface area contributed by atoms with Gasteiger partial charge >= 0.3 is 6.16 Å². The smallest absolute Gasteiger partial charge is 0.374 e. The number of fused-ring (bicyclic) bond motifs is 2. The average molecular weight is 1300 g/mol. The Labute approximate surface area is 558 Å². The second-order valence-corrected chi connectivity index (χ2v) is 24.0. The molecule has 96 heavy (non-hydrogen) atoms. The molecule has 21 nitrogen and oxygen atoms in total. The van der Waals surface area contributed by atoms with Gasteiger partial charge in [-0.2, -0.15) is 26.0 Å². The minimum atomic E-state index is -2.19. The van der Waals surface area contributed by atoms with Crippen LogP contribution in [0.2, 0.25) is 0 Å². The van der Waals surface area contributed by atoms with Crippen LogP contribution < -0.4 is 11.0 Å². The minimum Gasteiger partial charge on any atom is -0.374 e. The molecule has 0 unspecified atom stereocenters. The van der Waals surface area contributed by atoms with Gasteiger partial charge in [0.25, 0.3) is 0 Å². The monoisotopic (exact) mass is 1300 g/mol. The van der Waals surface area contributed by atoms with Crippen molar-refractivity contribution in [1.82, 2.24) is 29.2 Å². The average Bonchev–Trinajstić information content (AvgIpc) is 1.58. The highest BCUT2D eigenvalue weighted by molar-refractivity contribution is 5.72. The molecule has 6 heterocycles. The number of nitrogens with zero attached hydrogens (tertiary/aromatic N) is 6. The molecule has 4 aromatic heterocycles. The van der Waals surface area contributed by atoms with Gasteiger partial charge < -0.3 is 57.8 Å². The van der Waals surface area contributed by atoms with Crippen LogP contribution in [0.15, 0.2) is 206 Å². The molecule has 0 spiro atoms. The molecule has 0 aliphatic carbocycles. The summed E-state index contributed by atoms with van der Waals surface area (Å²) in [6.45, 7) is 5.49. The van der Waals surface area contributed by atoms with Gasteiger partial charge in [-0.1, -0.05) is 222 Å². The van der Waals surface area contributed by atoms with Gasteiger partial charge in [0, 0.05) is 12.8 Å². The Hall–Kier alpha value is -8.97. The SMILES string of the molecule is CCCCCc1nc(NOC(=O)ONc2nc(CCCCC)nn3c([C@@]4(O)O[C@H](COCc5ccccc5)[C@@H](OCc5ccccc5)[C@H]4OCc4ccccc4)ccc23)c2ccc([C@@]3(O)O[C@H](COCc4ccccc4)[C@@H](OCc4ccccc4)[C@H]3OCc3ccccc3)n2n1. The molecule has 8 atom stereocenters. The number of ether oxygens (including phenoxy) is 8. The first-order chi connectivity index (χ1) is 47.1. The van der Waals surface area contributed by atoms with E-state index in [2.05, 4.69) is 24.8 Å². The maximum atomic E-state index is 14.0. The van der Waals surface area contributed by atoms with E-state index in [0.29, 0.717) is 48.7 Å². The van der Waals surface area contributed by atoms with Gasteiger partial charge in [0.2, 0.25) is 11.6 Å². The fourth-order valence-electron chi connectivity index (χ4n) is 12.1. The number of carbonyl (C=O) groups excluding carboxylic acids is 1. The van der Waals surface area contributed by atoms with Gasteiger partial charge in [-0.3, -0.25) is 0 Å². The van der Waals surface area contributed by atoms with E-state index in [4.69, 9.17) is 67.7 Å². The fraction of sp³-hybridized carbons (Fsp3) is 0.347. The van der Waals surface area contributed by atoms with Crippen molar-refractivity contribution in [3.63, 3.8) is 0 Å². The number of benzene rings is 6. The molecule has 21 heteroatoms. The van der Waals surface area contributed by atoms with E-state index in [9.17, 15) is 15.0 Å². The van der Waals surface area contributed by atoms with Crippen molar-refractivity contribution in [3.05, 3.63) is 263 Å². The van der Waals surface area contributed by atoms with Gasteiger partial charge in [0.1, 0.15) is 59.0 Å². The normalized spacial score (nSPS) is 20.8. The molecule has 12 rings (SSSR count). The lowest BCUT2D eigenvalue weighted by molar-refractivity contribution is -0.256. The maximum Gasteiger partial charge on any atom is 0.558 e. The molecular formula is C75H82N8O13. The molecule has 0 amide bonds. The molecule has 500 valence electrons. The number of anilines is 2. The van der Waals surface area contributed by atoms with Crippen molar-refractivity contribution in [2.45, 2.75) is 153 Å². The Kier molecular flexibility index (Phi) is 22.8. The van der Waals surface area contributed by atoms with Crippen LogP contribution in [0.25, 0.3) is 11.0 Å². The molecule has 10 aromatic rings. The predicted octanol–water partition coefficient (Wildman–Crippen LogP) is 12.6. The summed E-state index contributed by atoms with van der Waals surface area (Å²) in [7, 11) is 0. The van der Waals surface area contributed by atoms with Crippen LogP contribution in [0.4, 0.5) is 16.4 Å². The predicted molar refractivity (Wildman–Crippen MR) is 357 cm³/mol. The largest absolute Gasteiger partial charge is 0.558 e. The summed E-state index contributed by atoms with van der Waals surface area (Å²) in [5.41, 5.74) is 12.0. The first-order valence-electron chi connectivity index (χ1n) is 33.0. The lowest BCUT2D eigenvalue weighted by atomic mass is 10.0. The molecular weight excluding hydrogens is 1220 g/mol. The second-order valence-electron chi connectivity index (χ2n) is 24.0. The summed E-state index contributed by atoms with van der Waals surface area (Å²) >= 11 is 0. The molecule has 0 bridgehead atoms. The minimum absolute atomic E-state index is 0.0461. The summed E-state index contributed by atoms with van der Waals surface area (Å²) in [6.07, 6.45) is -0.788. The topological polar surface area (TPSA) is 234 Å². The number of hydrogen-bond acceptors (Lipinski definition) is 19. The Balaban J connectivity index is 0.827. The van der Waals surface area contributed by atoms with Crippen LogP contribution in [0.1, 0.15) is 109 Å². The van der Waals surface area contributed by atoms with E-state index < -0.39 is 54.4 Å². The number of aryl methyl sites for hydroxylation is 2. The van der Waals surface area contributed by atoms with Crippen molar-refractivity contribution in [3.8, 4) is 0 Å². The third kappa shape index (κ3) is 16.5. The number of aliphatic hydroxyl groups is 2. The Bertz CT molecular complexity index is 3770. The van der Waals surface area contributed by atoms with Gasteiger partial charge in [0.05, 0.1) is 52.9 Å². The van der Waals surface area contributed by atoms with E-state index in [0.717, 1.165) is 71.9 Å². The van der Waals surface area contributed by atoms with E-state index in [1.807, 2.05) is 182 Å².